The van der Waals surface area contributed by atoms with Crippen molar-refractivity contribution in [2.24, 2.45) is 13.0 Å². The van der Waals surface area contributed by atoms with E-state index in [1.807, 2.05) is 40.8 Å². The molecule has 170 valence electrons. The third-order valence-electron chi connectivity index (χ3n) is 6.64. The van der Waals surface area contributed by atoms with Crippen LogP contribution in [0.1, 0.15) is 36.7 Å². The second-order valence-electron chi connectivity index (χ2n) is 8.56. The van der Waals surface area contributed by atoms with Crippen LogP contribution in [-0.2, 0) is 24.8 Å². The van der Waals surface area contributed by atoms with Crippen LogP contribution in [0.25, 0.3) is 11.0 Å². The standard InChI is InChI=1S/C24H32N6O2/c1-5-30-17(3)19(16(2)27-30)10-13-25-23(31)18-11-14-29(15-12-18)22-24(32)28(4)21-9-7-6-8-20(21)26-22/h6-9,18H,5,10-15H2,1-4H3,(H,25,31). The molecule has 3 heterocycles. The van der Waals surface area contributed by atoms with Gasteiger partial charge >= 0.3 is 0 Å². The lowest BCUT2D eigenvalue weighted by Crippen LogP contribution is -2.43. The molecule has 0 radical (unpaired) electrons. The second kappa shape index (κ2) is 9.14. The molecule has 1 aliphatic rings. The Bertz CT molecular complexity index is 1190. The molecular formula is C24H32N6O2. The van der Waals surface area contributed by atoms with E-state index < -0.39 is 0 Å². The average Bonchev–Trinajstić information content (AvgIpc) is 3.09. The number of aryl methyl sites for hydroxylation is 3. The Balaban J connectivity index is 1.34. The van der Waals surface area contributed by atoms with Gasteiger partial charge in [-0.1, -0.05) is 12.1 Å². The Labute approximate surface area is 188 Å². The van der Waals surface area contributed by atoms with E-state index in [4.69, 9.17) is 0 Å². The number of hydrogen-bond donors (Lipinski definition) is 1. The second-order valence-corrected chi connectivity index (χ2v) is 8.56. The summed E-state index contributed by atoms with van der Waals surface area (Å²) in [6, 6.07) is 7.66. The summed E-state index contributed by atoms with van der Waals surface area (Å²) in [4.78, 5) is 32.2. The smallest absolute Gasteiger partial charge is 0.293 e. The number of fused-ring (bicyclic) bond motifs is 1. The number of rotatable bonds is 6. The fraction of sp³-hybridized carbons (Fsp3) is 0.500. The van der Waals surface area contributed by atoms with Crippen molar-refractivity contribution in [2.75, 3.05) is 24.5 Å². The quantitative estimate of drug-likeness (QED) is 0.641. The van der Waals surface area contributed by atoms with Crippen LogP contribution in [0.5, 0.6) is 0 Å². The van der Waals surface area contributed by atoms with E-state index in [2.05, 4.69) is 29.2 Å². The van der Waals surface area contributed by atoms with Crippen molar-refractivity contribution in [1.29, 1.82) is 0 Å². The Morgan fingerprint density at radius 3 is 2.59 bits per heavy atom. The van der Waals surface area contributed by atoms with Crippen LogP contribution in [0, 0.1) is 19.8 Å². The van der Waals surface area contributed by atoms with E-state index in [0.717, 1.165) is 42.5 Å². The van der Waals surface area contributed by atoms with Gasteiger partial charge in [0, 0.05) is 44.8 Å². The summed E-state index contributed by atoms with van der Waals surface area (Å²) in [5.74, 6) is 0.544. The number of aromatic nitrogens is 4. The van der Waals surface area contributed by atoms with Crippen molar-refractivity contribution in [3.63, 3.8) is 0 Å². The van der Waals surface area contributed by atoms with Gasteiger partial charge in [-0.25, -0.2) is 4.98 Å². The zero-order valence-corrected chi connectivity index (χ0v) is 19.4. The molecule has 0 unspecified atom stereocenters. The first-order valence-corrected chi connectivity index (χ1v) is 11.4. The highest BCUT2D eigenvalue weighted by atomic mass is 16.2. The molecule has 0 spiro atoms. The summed E-state index contributed by atoms with van der Waals surface area (Å²) in [5, 5.41) is 7.66. The van der Waals surface area contributed by atoms with E-state index in [1.165, 1.54) is 11.3 Å². The first kappa shape index (κ1) is 22.0. The monoisotopic (exact) mass is 436 g/mol. The number of amides is 1. The van der Waals surface area contributed by atoms with Gasteiger partial charge < -0.3 is 14.8 Å². The Morgan fingerprint density at radius 2 is 1.91 bits per heavy atom. The third kappa shape index (κ3) is 4.13. The summed E-state index contributed by atoms with van der Waals surface area (Å²) < 4.78 is 3.66. The van der Waals surface area contributed by atoms with Gasteiger partial charge in [0.2, 0.25) is 5.91 Å². The maximum absolute atomic E-state index is 12.8. The van der Waals surface area contributed by atoms with Crippen molar-refractivity contribution in [1.82, 2.24) is 24.6 Å². The Kier molecular flexibility index (Phi) is 6.30. The number of carbonyl (C=O) groups is 1. The summed E-state index contributed by atoms with van der Waals surface area (Å²) in [6.07, 6.45) is 2.23. The zero-order valence-electron chi connectivity index (χ0n) is 19.4. The molecule has 1 saturated heterocycles. The summed E-state index contributed by atoms with van der Waals surface area (Å²) >= 11 is 0. The minimum Gasteiger partial charge on any atom is -0.356 e. The molecule has 0 bridgehead atoms. The number of anilines is 1. The minimum atomic E-state index is -0.0926. The van der Waals surface area contributed by atoms with Gasteiger partial charge in [0.1, 0.15) is 0 Å². The normalized spacial score (nSPS) is 14.8. The summed E-state index contributed by atoms with van der Waals surface area (Å²) in [7, 11) is 1.78. The molecule has 1 fully saturated rings. The lowest BCUT2D eigenvalue weighted by atomic mass is 9.96. The predicted octanol–water partition coefficient (Wildman–Crippen LogP) is 2.34. The minimum absolute atomic E-state index is 0.0314. The van der Waals surface area contributed by atoms with Crippen LogP contribution in [0.15, 0.2) is 29.1 Å². The molecule has 0 aliphatic carbocycles. The van der Waals surface area contributed by atoms with Crippen molar-refractivity contribution in [3.05, 3.63) is 51.6 Å². The zero-order chi connectivity index (χ0) is 22.8. The van der Waals surface area contributed by atoms with Crippen LogP contribution in [0.2, 0.25) is 0 Å². The summed E-state index contributed by atoms with van der Waals surface area (Å²) in [5.41, 5.74) is 4.98. The molecule has 32 heavy (non-hydrogen) atoms. The third-order valence-corrected chi connectivity index (χ3v) is 6.64. The van der Waals surface area contributed by atoms with E-state index in [-0.39, 0.29) is 17.4 Å². The maximum atomic E-state index is 12.8. The van der Waals surface area contributed by atoms with E-state index >= 15 is 0 Å². The SMILES string of the molecule is CCn1nc(C)c(CCNC(=O)C2CCN(c3nc4ccccc4n(C)c3=O)CC2)c1C. The highest BCUT2D eigenvalue weighted by molar-refractivity contribution is 5.79. The van der Waals surface area contributed by atoms with Crippen LogP contribution in [0.4, 0.5) is 5.82 Å². The molecule has 3 aromatic rings. The molecule has 1 amide bonds. The topological polar surface area (TPSA) is 85.1 Å². The molecule has 1 aliphatic heterocycles. The molecular weight excluding hydrogens is 404 g/mol. The number of nitrogens with one attached hydrogen (secondary N) is 1. The van der Waals surface area contributed by atoms with E-state index in [0.29, 0.717) is 25.5 Å². The molecule has 4 rings (SSSR count). The van der Waals surface area contributed by atoms with Crippen LogP contribution in [-0.4, -0.2) is 44.9 Å². The van der Waals surface area contributed by atoms with E-state index in [9.17, 15) is 9.59 Å². The largest absolute Gasteiger partial charge is 0.356 e. The molecule has 0 atom stereocenters. The van der Waals surface area contributed by atoms with Gasteiger partial charge in [-0.05, 0) is 57.7 Å². The van der Waals surface area contributed by atoms with Gasteiger partial charge in [0.05, 0.1) is 16.7 Å². The van der Waals surface area contributed by atoms with Crippen LogP contribution in [0.3, 0.4) is 0 Å². The number of benzene rings is 1. The van der Waals surface area contributed by atoms with Gasteiger partial charge in [0.15, 0.2) is 5.82 Å². The first-order valence-electron chi connectivity index (χ1n) is 11.4. The van der Waals surface area contributed by atoms with Gasteiger partial charge in [-0.2, -0.15) is 5.10 Å². The van der Waals surface area contributed by atoms with Crippen molar-refractivity contribution in [3.8, 4) is 0 Å². The number of hydrogen-bond acceptors (Lipinski definition) is 5. The van der Waals surface area contributed by atoms with Crippen LogP contribution < -0.4 is 15.8 Å². The van der Waals surface area contributed by atoms with Gasteiger partial charge in [-0.3, -0.25) is 14.3 Å². The number of carbonyl (C=O) groups excluding carboxylic acids is 1. The summed E-state index contributed by atoms with van der Waals surface area (Å²) in [6.45, 7) is 8.97. The average molecular weight is 437 g/mol. The first-order chi connectivity index (χ1) is 15.4. The number of nitrogens with zero attached hydrogens (tertiary/aromatic N) is 5. The van der Waals surface area contributed by atoms with Gasteiger partial charge in [0.25, 0.3) is 5.56 Å². The van der Waals surface area contributed by atoms with Gasteiger partial charge in [-0.15, -0.1) is 0 Å². The number of piperidine rings is 1. The lowest BCUT2D eigenvalue weighted by molar-refractivity contribution is -0.125. The van der Waals surface area contributed by atoms with Crippen molar-refractivity contribution < 1.29 is 4.79 Å². The molecule has 8 heteroatoms. The fourth-order valence-corrected chi connectivity index (χ4v) is 4.68. The molecule has 1 aromatic carbocycles. The Morgan fingerprint density at radius 1 is 1.19 bits per heavy atom. The highest BCUT2D eigenvalue weighted by Gasteiger charge is 2.27. The molecule has 1 N–H and O–H groups in total. The lowest BCUT2D eigenvalue weighted by Gasteiger charge is -2.32. The predicted molar refractivity (Wildman–Crippen MR) is 126 cm³/mol. The molecule has 0 saturated carbocycles. The molecule has 8 nitrogen and oxygen atoms in total. The Hall–Kier alpha value is -3.16. The van der Waals surface area contributed by atoms with Crippen LogP contribution >= 0.6 is 0 Å². The maximum Gasteiger partial charge on any atom is 0.293 e. The molecule has 2 aromatic heterocycles. The van der Waals surface area contributed by atoms with E-state index in [1.54, 1.807) is 11.6 Å². The number of para-hydroxylation sites is 2. The van der Waals surface area contributed by atoms with Crippen molar-refractivity contribution in [2.45, 2.75) is 46.6 Å². The van der Waals surface area contributed by atoms with Crippen molar-refractivity contribution >= 4 is 22.8 Å². The fourth-order valence-electron chi connectivity index (χ4n) is 4.68. The highest BCUT2D eigenvalue weighted by Crippen LogP contribution is 2.22.